The summed E-state index contributed by atoms with van der Waals surface area (Å²) in [5.74, 6) is -1.30. The van der Waals surface area contributed by atoms with E-state index < -0.39 is 23.4 Å². The number of aromatic nitrogens is 2. The summed E-state index contributed by atoms with van der Waals surface area (Å²) < 4.78 is 0. The lowest BCUT2D eigenvalue weighted by molar-refractivity contribution is -0.137. The molecule has 0 unspecified atom stereocenters. The predicted octanol–water partition coefficient (Wildman–Crippen LogP) is 1.58. The van der Waals surface area contributed by atoms with E-state index in [-0.39, 0.29) is 31.0 Å². The van der Waals surface area contributed by atoms with Crippen molar-refractivity contribution >= 4 is 51.6 Å². The highest BCUT2D eigenvalue weighted by Gasteiger charge is 2.32. The second kappa shape index (κ2) is 11.4. The van der Waals surface area contributed by atoms with Crippen LogP contribution in [0.15, 0.2) is 41.3 Å². The highest BCUT2D eigenvalue weighted by molar-refractivity contribution is 7.99. The van der Waals surface area contributed by atoms with Gasteiger partial charge in [-0.3, -0.25) is 9.59 Å². The molecule has 3 rings (SSSR count). The molecule has 0 aliphatic rings. The molecule has 1 atom stereocenters. The van der Waals surface area contributed by atoms with Crippen molar-refractivity contribution in [3.05, 3.63) is 42.0 Å². The molecule has 0 spiro atoms. The first-order chi connectivity index (χ1) is 16.6. The van der Waals surface area contributed by atoms with Crippen LogP contribution in [0, 0.1) is 5.41 Å². The van der Waals surface area contributed by atoms with Crippen LogP contribution in [0.3, 0.4) is 0 Å². The fourth-order valence-electron chi connectivity index (χ4n) is 3.22. The van der Waals surface area contributed by atoms with Crippen LogP contribution in [0.5, 0.6) is 0 Å². The molecule has 0 saturated carbocycles. The summed E-state index contributed by atoms with van der Waals surface area (Å²) in [6.45, 7) is 3.30. The Morgan fingerprint density at radius 2 is 1.80 bits per heavy atom. The minimum Gasteiger partial charge on any atom is -0.478 e. The molecular weight excluding hydrogens is 472 g/mol. The molecule has 2 aromatic carbocycles. The zero-order valence-corrected chi connectivity index (χ0v) is 20.3. The fraction of sp³-hybridized carbons (Fsp3) is 0.375. The quantitative estimate of drug-likeness (QED) is 0.149. The van der Waals surface area contributed by atoms with Crippen LogP contribution in [0.4, 0.5) is 0 Å². The first kappa shape index (κ1) is 26.3. The number of aliphatic hydroxyl groups is 2. The van der Waals surface area contributed by atoms with E-state index >= 15 is 0 Å². The van der Waals surface area contributed by atoms with E-state index in [0.717, 1.165) is 4.90 Å². The number of carbonyl (C=O) groups excluding carboxylic acids is 2. The zero-order chi connectivity index (χ0) is 25.6. The maximum Gasteiger partial charge on any atom is 0.337 e. The number of fused-ring (bicyclic) bond motifs is 2. The number of benzene rings is 2. The summed E-state index contributed by atoms with van der Waals surface area (Å²) in [5, 5.41) is 33.8. The van der Waals surface area contributed by atoms with Gasteiger partial charge in [0.25, 0.3) is 0 Å². The summed E-state index contributed by atoms with van der Waals surface area (Å²) in [5.41, 5.74) is 1.24. The van der Waals surface area contributed by atoms with Gasteiger partial charge < -0.3 is 26.0 Å². The number of aliphatic hydroxyl groups excluding tert-OH is 2. The van der Waals surface area contributed by atoms with Gasteiger partial charge in [0, 0.05) is 35.6 Å². The van der Waals surface area contributed by atoms with E-state index in [1.54, 1.807) is 32.0 Å². The fourth-order valence-corrected chi connectivity index (χ4v) is 4.02. The standard InChI is InChI=1S/C24H28N4O6S/c1-24(2,13-29)21(31)22(32)26-9-8-19(30)25-10-11-35-14-6-7-16-18(12-14)27-17-5-3-4-15(23(33)34)20(17)28-16/h3-7,12,21,29,31H,8-11,13H2,1-2H3,(H,25,30)(H,26,32)(H,33,34)/t21-/m0/s1. The molecule has 2 amide bonds. The number of nitrogens with zero attached hydrogens (tertiary/aromatic N) is 2. The van der Waals surface area contributed by atoms with Crippen LogP contribution < -0.4 is 10.6 Å². The van der Waals surface area contributed by atoms with Crippen LogP contribution in [-0.4, -0.2) is 74.6 Å². The molecule has 11 heteroatoms. The van der Waals surface area contributed by atoms with E-state index in [4.69, 9.17) is 0 Å². The van der Waals surface area contributed by atoms with Gasteiger partial charge in [-0.1, -0.05) is 19.9 Å². The normalized spacial score (nSPS) is 12.5. The number of carbonyl (C=O) groups is 3. The third-order valence-corrected chi connectivity index (χ3v) is 6.40. The van der Waals surface area contributed by atoms with Crippen molar-refractivity contribution in [2.75, 3.05) is 25.4 Å². The van der Waals surface area contributed by atoms with E-state index in [1.165, 1.54) is 17.8 Å². The molecule has 35 heavy (non-hydrogen) atoms. The van der Waals surface area contributed by atoms with Gasteiger partial charge in [0.1, 0.15) is 11.6 Å². The van der Waals surface area contributed by atoms with Crippen LogP contribution in [0.2, 0.25) is 0 Å². The first-order valence-electron chi connectivity index (χ1n) is 11.0. The molecule has 0 fully saturated rings. The number of aromatic carboxylic acids is 1. The summed E-state index contributed by atoms with van der Waals surface area (Å²) in [6.07, 6.45) is -1.30. The lowest BCUT2D eigenvalue weighted by Gasteiger charge is -2.27. The number of nitrogens with one attached hydrogen (secondary N) is 2. The summed E-state index contributed by atoms with van der Waals surface area (Å²) in [7, 11) is 0. The molecular formula is C24H28N4O6S. The average Bonchev–Trinajstić information content (AvgIpc) is 2.84. The highest BCUT2D eigenvalue weighted by Crippen LogP contribution is 2.24. The van der Waals surface area contributed by atoms with E-state index in [9.17, 15) is 29.7 Å². The Balaban J connectivity index is 1.47. The van der Waals surface area contributed by atoms with Gasteiger partial charge in [-0.2, -0.15) is 0 Å². The van der Waals surface area contributed by atoms with E-state index in [1.807, 2.05) is 12.1 Å². The second-order valence-electron chi connectivity index (χ2n) is 8.64. The molecule has 0 radical (unpaired) electrons. The Bertz CT molecular complexity index is 1250. The molecule has 1 aromatic heterocycles. The van der Waals surface area contributed by atoms with Crippen molar-refractivity contribution < 1.29 is 29.7 Å². The minimum atomic E-state index is -1.36. The number of amides is 2. The van der Waals surface area contributed by atoms with Crippen LogP contribution >= 0.6 is 11.8 Å². The van der Waals surface area contributed by atoms with Crippen molar-refractivity contribution in [1.29, 1.82) is 0 Å². The Kier molecular flexibility index (Phi) is 8.60. The SMILES string of the molecule is CC(C)(CO)[C@@H](O)C(=O)NCCC(=O)NCCSc1ccc2nc3c(C(=O)O)cccc3nc2c1. The van der Waals surface area contributed by atoms with Crippen molar-refractivity contribution in [2.45, 2.75) is 31.3 Å². The van der Waals surface area contributed by atoms with Gasteiger partial charge in [-0.05, 0) is 30.3 Å². The maximum absolute atomic E-state index is 12.0. The monoisotopic (exact) mass is 500 g/mol. The smallest absolute Gasteiger partial charge is 0.337 e. The molecule has 0 bridgehead atoms. The van der Waals surface area contributed by atoms with Gasteiger partial charge in [0.15, 0.2) is 0 Å². The summed E-state index contributed by atoms with van der Waals surface area (Å²) >= 11 is 1.53. The van der Waals surface area contributed by atoms with E-state index in [0.29, 0.717) is 34.4 Å². The lowest BCUT2D eigenvalue weighted by atomic mass is 9.87. The minimum absolute atomic E-state index is 0.0691. The maximum atomic E-state index is 12.0. The van der Waals surface area contributed by atoms with Crippen LogP contribution in [0.1, 0.15) is 30.6 Å². The van der Waals surface area contributed by atoms with Crippen molar-refractivity contribution in [1.82, 2.24) is 20.6 Å². The molecule has 10 nitrogen and oxygen atoms in total. The molecule has 0 aliphatic carbocycles. The van der Waals surface area contributed by atoms with Gasteiger partial charge in [-0.25, -0.2) is 14.8 Å². The second-order valence-corrected chi connectivity index (χ2v) is 9.81. The first-order valence-corrected chi connectivity index (χ1v) is 12.0. The Labute approximate surface area is 206 Å². The number of carboxylic acid groups (broad SMARTS) is 1. The van der Waals surface area contributed by atoms with Gasteiger partial charge in [0.2, 0.25) is 11.8 Å². The largest absolute Gasteiger partial charge is 0.478 e. The molecule has 5 N–H and O–H groups in total. The number of hydrogen-bond acceptors (Lipinski definition) is 8. The number of hydrogen-bond donors (Lipinski definition) is 5. The lowest BCUT2D eigenvalue weighted by Crippen LogP contribution is -2.46. The number of rotatable bonds is 11. The van der Waals surface area contributed by atoms with Crippen LogP contribution in [0.25, 0.3) is 22.1 Å². The molecule has 1 heterocycles. The number of thioether (sulfide) groups is 1. The Morgan fingerprint density at radius 3 is 2.51 bits per heavy atom. The van der Waals surface area contributed by atoms with Crippen molar-refractivity contribution in [3.63, 3.8) is 0 Å². The Morgan fingerprint density at radius 1 is 1.03 bits per heavy atom. The van der Waals surface area contributed by atoms with Gasteiger partial charge in [0.05, 0.1) is 28.7 Å². The Hall–Kier alpha value is -3.28. The molecule has 3 aromatic rings. The van der Waals surface area contributed by atoms with Gasteiger partial charge in [-0.15, -0.1) is 11.8 Å². The third kappa shape index (κ3) is 6.65. The summed E-state index contributed by atoms with van der Waals surface area (Å²) in [4.78, 5) is 45.3. The summed E-state index contributed by atoms with van der Waals surface area (Å²) in [6, 6.07) is 10.4. The van der Waals surface area contributed by atoms with Crippen LogP contribution in [-0.2, 0) is 9.59 Å². The van der Waals surface area contributed by atoms with E-state index in [2.05, 4.69) is 20.6 Å². The van der Waals surface area contributed by atoms with Crippen molar-refractivity contribution in [3.8, 4) is 0 Å². The molecule has 186 valence electrons. The topological polar surface area (TPSA) is 162 Å². The average molecular weight is 501 g/mol. The predicted molar refractivity (Wildman–Crippen MR) is 132 cm³/mol. The van der Waals surface area contributed by atoms with Crippen molar-refractivity contribution in [2.24, 2.45) is 5.41 Å². The highest BCUT2D eigenvalue weighted by atomic mass is 32.2. The molecule has 0 saturated heterocycles. The van der Waals surface area contributed by atoms with Gasteiger partial charge >= 0.3 is 5.97 Å². The number of carboxylic acids is 1. The number of para-hydroxylation sites is 1. The molecule has 0 aliphatic heterocycles. The third-order valence-electron chi connectivity index (χ3n) is 5.41. The zero-order valence-electron chi connectivity index (χ0n) is 19.4.